The number of ether oxygens (including phenoxy) is 2. The van der Waals surface area contributed by atoms with Crippen LogP contribution in [0.2, 0.25) is 0 Å². The Balaban J connectivity index is 1.51. The molecule has 9 nitrogen and oxygen atoms in total. The van der Waals surface area contributed by atoms with Crippen molar-refractivity contribution in [2.24, 2.45) is 0 Å². The molecule has 0 amide bonds. The average molecular weight is 537 g/mol. The maximum Gasteiger partial charge on any atom is 0.253 e. The molecule has 1 aliphatic rings. The van der Waals surface area contributed by atoms with Gasteiger partial charge in [-0.05, 0) is 60.9 Å². The fraction of sp³-hybridized carbons (Fsp3) is 0.290. The first kappa shape index (κ1) is 25.8. The lowest BCUT2D eigenvalue weighted by molar-refractivity contribution is 0.174. The van der Waals surface area contributed by atoms with Crippen molar-refractivity contribution in [3.8, 4) is 11.5 Å². The van der Waals surface area contributed by atoms with Crippen molar-refractivity contribution < 1.29 is 9.47 Å². The first-order valence-electron chi connectivity index (χ1n) is 13.4. The highest BCUT2D eigenvalue weighted by atomic mass is 16.7. The molecule has 0 fully saturated rings. The van der Waals surface area contributed by atoms with E-state index in [0.29, 0.717) is 41.5 Å². The number of aromatic amines is 1. The maximum atomic E-state index is 13.8. The van der Waals surface area contributed by atoms with E-state index in [0.717, 1.165) is 17.4 Å². The molecule has 1 aliphatic heterocycles. The van der Waals surface area contributed by atoms with Crippen molar-refractivity contribution >= 4 is 10.9 Å². The van der Waals surface area contributed by atoms with Crippen LogP contribution in [-0.2, 0) is 18.5 Å². The van der Waals surface area contributed by atoms with Gasteiger partial charge in [0.15, 0.2) is 17.3 Å². The van der Waals surface area contributed by atoms with E-state index in [1.165, 1.54) is 5.56 Å². The second-order valence-corrected chi connectivity index (χ2v) is 11.1. The zero-order chi connectivity index (χ0) is 27.7. The zero-order valence-corrected chi connectivity index (χ0v) is 22.9. The van der Waals surface area contributed by atoms with E-state index in [2.05, 4.69) is 70.4 Å². The molecule has 40 heavy (non-hydrogen) atoms. The summed E-state index contributed by atoms with van der Waals surface area (Å²) in [5, 5.41) is 13.8. The van der Waals surface area contributed by atoms with Crippen LogP contribution in [0.25, 0.3) is 10.9 Å². The van der Waals surface area contributed by atoms with Gasteiger partial charge >= 0.3 is 0 Å². The summed E-state index contributed by atoms with van der Waals surface area (Å²) in [7, 11) is 0. The molecule has 204 valence electrons. The molecule has 2 aromatic heterocycles. The van der Waals surface area contributed by atoms with Crippen molar-refractivity contribution in [3.05, 3.63) is 112 Å². The molecule has 0 bridgehead atoms. The third-order valence-electron chi connectivity index (χ3n) is 7.16. The summed E-state index contributed by atoms with van der Waals surface area (Å²) in [5.74, 6) is 1.89. The van der Waals surface area contributed by atoms with E-state index in [9.17, 15) is 4.79 Å². The van der Waals surface area contributed by atoms with Crippen LogP contribution < -0.4 is 15.0 Å². The van der Waals surface area contributed by atoms with Crippen LogP contribution in [0.3, 0.4) is 0 Å². The highest BCUT2D eigenvalue weighted by molar-refractivity contribution is 5.83. The molecule has 0 unspecified atom stereocenters. The molecular formula is C31H32N6O3. The van der Waals surface area contributed by atoms with Crippen LogP contribution in [0.15, 0.2) is 83.7 Å². The molecule has 5 aromatic rings. The fourth-order valence-corrected chi connectivity index (χ4v) is 5.19. The van der Waals surface area contributed by atoms with Gasteiger partial charge in [0, 0.05) is 30.1 Å². The Hall–Kier alpha value is -4.50. The lowest BCUT2D eigenvalue weighted by Gasteiger charge is -2.33. The topological polar surface area (TPSA) is 98.2 Å². The predicted molar refractivity (Wildman–Crippen MR) is 152 cm³/mol. The van der Waals surface area contributed by atoms with Crippen molar-refractivity contribution in [1.82, 2.24) is 30.1 Å². The van der Waals surface area contributed by atoms with Gasteiger partial charge in [-0.15, -0.1) is 5.10 Å². The summed E-state index contributed by atoms with van der Waals surface area (Å²) in [5.41, 5.74) is 3.01. The van der Waals surface area contributed by atoms with Crippen LogP contribution in [0.4, 0.5) is 0 Å². The van der Waals surface area contributed by atoms with E-state index in [-0.39, 0.29) is 12.4 Å². The number of nitrogens with zero attached hydrogens (tertiary/aromatic N) is 5. The highest BCUT2D eigenvalue weighted by Crippen LogP contribution is 2.37. The number of tetrazole rings is 1. The zero-order valence-electron chi connectivity index (χ0n) is 22.9. The molecule has 0 saturated heterocycles. The van der Waals surface area contributed by atoms with E-state index in [4.69, 9.17) is 9.47 Å². The van der Waals surface area contributed by atoms with Gasteiger partial charge in [0.1, 0.15) is 6.04 Å². The van der Waals surface area contributed by atoms with Crippen molar-refractivity contribution in [2.45, 2.75) is 45.3 Å². The molecule has 3 aromatic carbocycles. The minimum atomic E-state index is -0.517. The highest BCUT2D eigenvalue weighted by Gasteiger charge is 2.33. The molecule has 0 aliphatic carbocycles. The van der Waals surface area contributed by atoms with Gasteiger partial charge in [0.25, 0.3) is 5.56 Å². The van der Waals surface area contributed by atoms with Gasteiger partial charge in [-0.1, -0.05) is 60.7 Å². The Morgan fingerprint density at radius 2 is 1.62 bits per heavy atom. The molecule has 9 heteroatoms. The SMILES string of the molecule is CC(C)(C)n1nnnc1[C@@H](c1cc2cc3c(cc2[nH]c1=O)OCO3)N(CCc1ccccc1)Cc1ccccc1. The Morgan fingerprint density at radius 3 is 2.33 bits per heavy atom. The van der Waals surface area contributed by atoms with Gasteiger partial charge in [0.05, 0.1) is 11.1 Å². The van der Waals surface area contributed by atoms with Crippen molar-refractivity contribution in [1.29, 1.82) is 0 Å². The van der Waals surface area contributed by atoms with Crippen LogP contribution in [0, 0.1) is 0 Å². The lowest BCUT2D eigenvalue weighted by atomic mass is 10.00. The summed E-state index contributed by atoms with van der Waals surface area (Å²) in [6.07, 6.45) is 0.797. The Kier molecular flexibility index (Phi) is 6.81. The normalized spacial score (nSPS) is 13.7. The van der Waals surface area contributed by atoms with E-state index in [1.54, 1.807) is 0 Å². The number of fused-ring (bicyclic) bond motifs is 2. The monoisotopic (exact) mass is 536 g/mol. The summed E-state index contributed by atoms with van der Waals surface area (Å²) in [4.78, 5) is 19.2. The molecule has 0 spiro atoms. The number of H-pyrrole nitrogens is 1. The minimum Gasteiger partial charge on any atom is -0.454 e. The number of nitrogens with one attached hydrogen (secondary N) is 1. The van der Waals surface area contributed by atoms with Gasteiger partial charge < -0.3 is 14.5 Å². The molecule has 3 heterocycles. The fourth-order valence-electron chi connectivity index (χ4n) is 5.19. The van der Waals surface area contributed by atoms with Gasteiger partial charge in [0.2, 0.25) is 6.79 Å². The Labute approximate surface area is 232 Å². The van der Waals surface area contributed by atoms with Crippen LogP contribution in [-0.4, -0.2) is 43.4 Å². The Morgan fingerprint density at radius 1 is 0.950 bits per heavy atom. The second-order valence-electron chi connectivity index (χ2n) is 11.1. The summed E-state index contributed by atoms with van der Waals surface area (Å²) in [6, 6.07) is 25.8. The quantitative estimate of drug-likeness (QED) is 0.303. The summed E-state index contributed by atoms with van der Waals surface area (Å²) in [6.45, 7) is 7.62. The second kappa shape index (κ2) is 10.6. The minimum absolute atomic E-state index is 0.163. The third kappa shape index (κ3) is 5.20. The summed E-state index contributed by atoms with van der Waals surface area (Å²) >= 11 is 0. The standard InChI is InChI=1S/C31H32N6O3/c1-31(2,3)37-29(33-34-35-37)28(24-16-23-17-26-27(40-20-39-26)18-25(23)32-30(24)38)36(19-22-12-8-5-9-13-22)15-14-21-10-6-4-7-11-21/h4-13,16-18,28H,14-15,19-20H2,1-3H3,(H,32,38)/t28-/m1/s1. The third-order valence-corrected chi connectivity index (χ3v) is 7.16. The van der Waals surface area contributed by atoms with E-state index >= 15 is 0 Å². The van der Waals surface area contributed by atoms with Crippen molar-refractivity contribution in [2.75, 3.05) is 13.3 Å². The molecule has 0 saturated carbocycles. The van der Waals surface area contributed by atoms with Crippen LogP contribution in [0.1, 0.15) is 49.3 Å². The van der Waals surface area contributed by atoms with Crippen LogP contribution in [0.5, 0.6) is 11.5 Å². The van der Waals surface area contributed by atoms with Gasteiger partial charge in [-0.3, -0.25) is 9.69 Å². The molecule has 1 atom stereocenters. The maximum absolute atomic E-state index is 13.8. The number of aromatic nitrogens is 5. The van der Waals surface area contributed by atoms with Gasteiger partial charge in [-0.2, -0.15) is 0 Å². The molecule has 0 radical (unpaired) electrons. The molecular weight excluding hydrogens is 504 g/mol. The van der Waals surface area contributed by atoms with Crippen LogP contribution >= 0.6 is 0 Å². The molecule has 6 rings (SSSR count). The largest absolute Gasteiger partial charge is 0.454 e. The lowest BCUT2D eigenvalue weighted by Crippen LogP contribution is -2.38. The number of rotatable bonds is 8. The first-order valence-corrected chi connectivity index (χ1v) is 13.4. The smallest absolute Gasteiger partial charge is 0.253 e. The first-order chi connectivity index (χ1) is 19.4. The number of benzene rings is 3. The summed E-state index contributed by atoms with van der Waals surface area (Å²) < 4.78 is 13.0. The number of hydrogen-bond acceptors (Lipinski definition) is 7. The van der Waals surface area contributed by atoms with Gasteiger partial charge in [-0.25, -0.2) is 4.68 Å². The Bertz CT molecular complexity index is 1670. The van der Waals surface area contributed by atoms with E-state index < -0.39 is 11.6 Å². The van der Waals surface area contributed by atoms with E-state index in [1.807, 2.05) is 59.3 Å². The number of pyridine rings is 1. The molecule has 1 N–H and O–H groups in total. The predicted octanol–water partition coefficient (Wildman–Crippen LogP) is 4.83. The number of hydrogen-bond donors (Lipinski definition) is 1. The van der Waals surface area contributed by atoms with Crippen molar-refractivity contribution in [3.63, 3.8) is 0 Å². The average Bonchev–Trinajstić information content (AvgIpc) is 3.62.